The van der Waals surface area contributed by atoms with E-state index in [4.69, 9.17) is 10.5 Å². The van der Waals surface area contributed by atoms with Crippen LogP contribution in [0, 0.1) is 0 Å². The summed E-state index contributed by atoms with van der Waals surface area (Å²) in [5.41, 5.74) is 6.53. The van der Waals surface area contributed by atoms with Gasteiger partial charge in [-0.2, -0.15) is 0 Å². The van der Waals surface area contributed by atoms with Crippen LogP contribution < -0.4 is 5.73 Å². The molecule has 0 spiro atoms. The molecule has 17 heavy (non-hydrogen) atoms. The topological polar surface area (TPSA) is 55.6 Å². The lowest BCUT2D eigenvalue weighted by atomic mass is 10.1. The highest BCUT2D eigenvalue weighted by Gasteiger charge is 2.27. The third kappa shape index (κ3) is 3.07. The number of halogens is 1. The highest BCUT2D eigenvalue weighted by Crippen LogP contribution is 2.22. The zero-order valence-electron chi connectivity index (χ0n) is 9.56. The SMILES string of the molecule is CC(N)C1CN(C(=O)c2csc(Br)c2)CCO1. The first kappa shape index (κ1) is 13.0. The van der Waals surface area contributed by atoms with E-state index >= 15 is 0 Å². The molecule has 0 aliphatic carbocycles. The van der Waals surface area contributed by atoms with E-state index in [-0.39, 0.29) is 18.1 Å². The van der Waals surface area contributed by atoms with Gasteiger partial charge in [-0.3, -0.25) is 4.79 Å². The first-order valence-corrected chi connectivity index (χ1v) is 7.15. The molecule has 6 heteroatoms. The van der Waals surface area contributed by atoms with Crippen molar-refractivity contribution < 1.29 is 9.53 Å². The summed E-state index contributed by atoms with van der Waals surface area (Å²) < 4.78 is 6.51. The lowest BCUT2D eigenvalue weighted by Gasteiger charge is -2.34. The molecule has 4 nitrogen and oxygen atoms in total. The third-order valence-corrected chi connectivity index (χ3v) is 4.29. The monoisotopic (exact) mass is 318 g/mol. The molecule has 0 bridgehead atoms. The fourth-order valence-corrected chi connectivity index (χ4v) is 2.91. The number of amides is 1. The van der Waals surface area contributed by atoms with Gasteiger partial charge in [0.2, 0.25) is 0 Å². The molecule has 1 aromatic heterocycles. The Balaban J connectivity index is 2.04. The number of carbonyl (C=O) groups excluding carboxylic acids is 1. The van der Waals surface area contributed by atoms with Gasteiger partial charge in [-0.05, 0) is 28.9 Å². The van der Waals surface area contributed by atoms with Crippen molar-refractivity contribution in [2.45, 2.75) is 19.1 Å². The van der Waals surface area contributed by atoms with E-state index in [0.29, 0.717) is 19.7 Å². The summed E-state index contributed by atoms with van der Waals surface area (Å²) in [6, 6.07) is 1.79. The normalized spacial score (nSPS) is 22.5. The lowest BCUT2D eigenvalue weighted by Crippen LogP contribution is -2.51. The van der Waals surface area contributed by atoms with Crippen LogP contribution in [-0.2, 0) is 4.74 Å². The van der Waals surface area contributed by atoms with E-state index in [1.807, 2.05) is 23.3 Å². The molecule has 2 N–H and O–H groups in total. The van der Waals surface area contributed by atoms with Crippen LogP contribution in [0.3, 0.4) is 0 Å². The van der Waals surface area contributed by atoms with Crippen molar-refractivity contribution in [2.75, 3.05) is 19.7 Å². The van der Waals surface area contributed by atoms with Crippen LogP contribution in [0.4, 0.5) is 0 Å². The van der Waals surface area contributed by atoms with Gasteiger partial charge < -0.3 is 15.4 Å². The highest BCUT2D eigenvalue weighted by atomic mass is 79.9. The van der Waals surface area contributed by atoms with Gasteiger partial charge in [0.15, 0.2) is 0 Å². The summed E-state index contributed by atoms with van der Waals surface area (Å²) >= 11 is 4.88. The second-order valence-corrected chi connectivity index (χ2v) is 6.45. The molecule has 2 unspecified atom stereocenters. The summed E-state index contributed by atoms with van der Waals surface area (Å²) in [5, 5.41) is 1.86. The standard InChI is InChI=1S/C11H15BrN2O2S/c1-7(13)9-5-14(2-3-16-9)11(15)8-4-10(12)17-6-8/h4,6-7,9H,2-3,5,13H2,1H3. The van der Waals surface area contributed by atoms with Crippen LogP contribution in [-0.4, -0.2) is 42.6 Å². The van der Waals surface area contributed by atoms with Gasteiger partial charge in [0.05, 0.1) is 22.1 Å². The van der Waals surface area contributed by atoms with Gasteiger partial charge >= 0.3 is 0 Å². The van der Waals surface area contributed by atoms with Crippen LogP contribution in [0.15, 0.2) is 15.2 Å². The fourth-order valence-electron chi connectivity index (χ4n) is 1.78. The van der Waals surface area contributed by atoms with Crippen molar-refractivity contribution in [3.63, 3.8) is 0 Å². The van der Waals surface area contributed by atoms with Crippen LogP contribution in [0.25, 0.3) is 0 Å². The van der Waals surface area contributed by atoms with E-state index in [1.165, 1.54) is 11.3 Å². The summed E-state index contributed by atoms with van der Waals surface area (Å²) in [5.74, 6) is 0.0564. The number of nitrogens with zero attached hydrogens (tertiary/aromatic N) is 1. The van der Waals surface area contributed by atoms with Crippen LogP contribution >= 0.6 is 27.3 Å². The molecule has 0 radical (unpaired) electrons. The van der Waals surface area contributed by atoms with Crippen molar-refractivity contribution >= 4 is 33.2 Å². The van der Waals surface area contributed by atoms with E-state index < -0.39 is 0 Å². The number of hydrogen-bond donors (Lipinski definition) is 1. The highest BCUT2D eigenvalue weighted by molar-refractivity contribution is 9.11. The number of ether oxygens (including phenoxy) is 1. The molecule has 1 fully saturated rings. The minimum Gasteiger partial charge on any atom is -0.373 e. The minimum absolute atomic E-state index is 0.0557. The molecule has 94 valence electrons. The molecule has 2 rings (SSSR count). The van der Waals surface area contributed by atoms with Gasteiger partial charge in [0.1, 0.15) is 0 Å². The Morgan fingerprint density at radius 2 is 2.53 bits per heavy atom. The number of hydrogen-bond acceptors (Lipinski definition) is 4. The van der Waals surface area contributed by atoms with Crippen molar-refractivity contribution in [3.8, 4) is 0 Å². The Labute approximate surface area is 113 Å². The summed E-state index contributed by atoms with van der Waals surface area (Å²) in [4.78, 5) is 14.0. The Morgan fingerprint density at radius 3 is 3.12 bits per heavy atom. The molecular weight excluding hydrogens is 304 g/mol. The average molecular weight is 319 g/mol. The van der Waals surface area contributed by atoms with Gasteiger partial charge in [-0.1, -0.05) is 0 Å². The van der Waals surface area contributed by atoms with E-state index in [1.54, 1.807) is 0 Å². The fraction of sp³-hybridized carbons (Fsp3) is 0.545. The van der Waals surface area contributed by atoms with E-state index in [0.717, 1.165) is 9.35 Å². The molecule has 1 aromatic rings. The second-order valence-electron chi connectivity index (χ2n) is 4.16. The average Bonchev–Trinajstić information content (AvgIpc) is 2.75. The van der Waals surface area contributed by atoms with Gasteiger partial charge in [0.25, 0.3) is 5.91 Å². The van der Waals surface area contributed by atoms with Gasteiger partial charge in [0, 0.05) is 24.5 Å². The number of carbonyl (C=O) groups is 1. The Bertz CT molecular complexity index is 408. The Kier molecular flexibility index (Phi) is 4.19. The molecule has 0 saturated carbocycles. The maximum absolute atomic E-state index is 12.2. The van der Waals surface area contributed by atoms with Crippen LogP contribution in [0.5, 0.6) is 0 Å². The molecule has 1 aliphatic heterocycles. The van der Waals surface area contributed by atoms with Crippen molar-refractivity contribution in [2.24, 2.45) is 5.73 Å². The Hall–Kier alpha value is -0.430. The predicted octanol–water partition coefficient (Wildman–Crippen LogP) is 1.70. The molecule has 1 aliphatic rings. The molecule has 1 saturated heterocycles. The van der Waals surface area contributed by atoms with Gasteiger partial charge in [-0.15, -0.1) is 11.3 Å². The lowest BCUT2D eigenvalue weighted by molar-refractivity contribution is -0.0299. The van der Waals surface area contributed by atoms with Crippen LogP contribution in [0.1, 0.15) is 17.3 Å². The van der Waals surface area contributed by atoms with Gasteiger partial charge in [-0.25, -0.2) is 0 Å². The van der Waals surface area contributed by atoms with E-state index in [9.17, 15) is 4.79 Å². The first-order valence-electron chi connectivity index (χ1n) is 5.48. The van der Waals surface area contributed by atoms with Crippen molar-refractivity contribution in [1.82, 2.24) is 4.90 Å². The quantitative estimate of drug-likeness (QED) is 0.903. The van der Waals surface area contributed by atoms with Crippen molar-refractivity contribution in [1.29, 1.82) is 0 Å². The smallest absolute Gasteiger partial charge is 0.254 e. The van der Waals surface area contributed by atoms with E-state index in [2.05, 4.69) is 15.9 Å². The summed E-state index contributed by atoms with van der Waals surface area (Å²) in [6.45, 7) is 3.67. The molecule has 2 heterocycles. The van der Waals surface area contributed by atoms with Crippen molar-refractivity contribution in [3.05, 3.63) is 20.8 Å². The first-order chi connectivity index (χ1) is 8.08. The number of morpholine rings is 1. The third-order valence-electron chi connectivity index (χ3n) is 2.78. The largest absolute Gasteiger partial charge is 0.373 e. The predicted molar refractivity (Wildman–Crippen MR) is 71.3 cm³/mol. The van der Waals surface area contributed by atoms with Crippen LogP contribution in [0.2, 0.25) is 0 Å². The second kappa shape index (κ2) is 5.48. The molecule has 1 amide bonds. The maximum atomic E-state index is 12.2. The summed E-state index contributed by atoms with van der Waals surface area (Å²) in [7, 11) is 0. The minimum atomic E-state index is -0.0604. The zero-order valence-corrected chi connectivity index (χ0v) is 12.0. The summed E-state index contributed by atoms with van der Waals surface area (Å²) in [6.07, 6.45) is -0.0604. The molecule has 0 aromatic carbocycles. The number of rotatable bonds is 2. The maximum Gasteiger partial charge on any atom is 0.254 e. The molecule has 2 atom stereocenters. The number of nitrogens with two attached hydrogens (primary N) is 1. The Morgan fingerprint density at radius 1 is 1.76 bits per heavy atom. The zero-order chi connectivity index (χ0) is 12.4. The molecular formula is C11H15BrN2O2S. The number of thiophene rings is 1.